The monoisotopic (exact) mass is 397 g/mol. The molecule has 0 radical (unpaired) electrons. The first-order valence-electron chi connectivity index (χ1n) is 10.2. The molecule has 27 heavy (non-hydrogen) atoms. The molecule has 4 aliphatic rings. The average molecular weight is 398 g/mol. The maximum atomic E-state index is 13.4. The second-order valence-corrected chi connectivity index (χ2v) is 10.2. The standard InChI is InChI=1S/C20H28ClNO5/c1-19-8-7-12(27-22(25)26)9-11(19)3-4-13-14-5-6-15(18(21)24)20(14,2)10-16(23)17(13)19/h11-15,17H,3-10H2,1-2H3/t11-,12+,13-,14-,15+,17+,19-,20-/m0/s1. The first kappa shape index (κ1) is 19.2. The molecule has 0 heterocycles. The molecule has 4 fully saturated rings. The molecular weight excluding hydrogens is 370 g/mol. The molecule has 0 aromatic carbocycles. The minimum Gasteiger partial charge on any atom is -0.311 e. The van der Waals surface area contributed by atoms with Gasteiger partial charge < -0.3 is 4.84 Å². The number of carbonyl (C=O) groups is 2. The second-order valence-electron chi connectivity index (χ2n) is 9.84. The number of rotatable bonds is 3. The molecular formula is C20H28ClNO5. The number of hydrogen-bond donors (Lipinski definition) is 0. The predicted molar refractivity (Wildman–Crippen MR) is 98.3 cm³/mol. The van der Waals surface area contributed by atoms with E-state index in [0.717, 1.165) is 32.1 Å². The SMILES string of the molecule is C[C@]12CC[C@@H](O[N+](=O)[O-])C[C@@H]1CC[C@H]1[C@@H]3CC[C@H](C(=O)Cl)[C@@]3(C)CC(=O)[C@@H]12. The predicted octanol–water partition coefficient (Wildman–Crippen LogP) is 4.17. The van der Waals surface area contributed by atoms with Gasteiger partial charge in [0.25, 0.3) is 5.09 Å². The number of hydrogen-bond acceptors (Lipinski definition) is 5. The van der Waals surface area contributed by atoms with Crippen molar-refractivity contribution in [3.05, 3.63) is 10.1 Å². The van der Waals surface area contributed by atoms with Gasteiger partial charge in [-0.25, -0.2) is 0 Å². The van der Waals surface area contributed by atoms with E-state index in [1.165, 1.54) is 0 Å². The second kappa shape index (κ2) is 6.43. The molecule has 150 valence electrons. The van der Waals surface area contributed by atoms with Gasteiger partial charge >= 0.3 is 0 Å². The largest absolute Gasteiger partial charge is 0.311 e. The lowest BCUT2D eigenvalue weighted by molar-refractivity contribution is -0.770. The number of Topliss-reactive ketones (excluding diaryl/α,β-unsaturated/α-hetero) is 1. The van der Waals surface area contributed by atoms with E-state index in [9.17, 15) is 19.7 Å². The van der Waals surface area contributed by atoms with Gasteiger partial charge in [0.1, 0.15) is 11.9 Å². The van der Waals surface area contributed by atoms with Crippen molar-refractivity contribution in [2.75, 3.05) is 0 Å². The Labute approximate surface area is 164 Å². The minimum atomic E-state index is -0.683. The lowest BCUT2D eigenvalue weighted by Crippen LogP contribution is -2.58. The zero-order valence-electron chi connectivity index (χ0n) is 16.0. The normalized spacial score (nSPS) is 48.9. The molecule has 0 bridgehead atoms. The Kier molecular flexibility index (Phi) is 4.56. The Morgan fingerprint density at radius 1 is 1.19 bits per heavy atom. The highest BCUT2D eigenvalue weighted by atomic mass is 35.5. The smallest absolute Gasteiger partial charge is 0.294 e. The highest BCUT2D eigenvalue weighted by Gasteiger charge is 2.64. The van der Waals surface area contributed by atoms with Gasteiger partial charge in [-0.1, -0.05) is 13.8 Å². The topological polar surface area (TPSA) is 86.5 Å². The van der Waals surface area contributed by atoms with Crippen LogP contribution < -0.4 is 0 Å². The third-order valence-electron chi connectivity index (χ3n) is 8.81. The van der Waals surface area contributed by atoms with Gasteiger partial charge in [-0.05, 0) is 85.1 Å². The summed E-state index contributed by atoms with van der Waals surface area (Å²) < 4.78 is 0. The van der Waals surface area contributed by atoms with Gasteiger partial charge in [0.15, 0.2) is 0 Å². The van der Waals surface area contributed by atoms with Crippen molar-refractivity contribution in [2.45, 2.75) is 71.3 Å². The molecule has 4 aliphatic carbocycles. The van der Waals surface area contributed by atoms with Crippen molar-refractivity contribution in [1.82, 2.24) is 0 Å². The Hall–Kier alpha value is -1.17. The molecule has 6 nitrogen and oxygen atoms in total. The van der Waals surface area contributed by atoms with E-state index in [0.29, 0.717) is 31.1 Å². The summed E-state index contributed by atoms with van der Waals surface area (Å²) in [5.41, 5.74) is -0.410. The van der Waals surface area contributed by atoms with Crippen LogP contribution in [-0.4, -0.2) is 22.2 Å². The van der Waals surface area contributed by atoms with Crippen LogP contribution in [-0.2, 0) is 14.4 Å². The van der Waals surface area contributed by atoms with E-state index >= 15 is 0 Å². The molecule has 4 rings (SSSR count). The Morgan fingerprint density at radius 2 is 1.93 bits per heavy atom. The van der Waals surface area contributed by atoms with Gasteiger partial charge in [-0.15, -0.1) is 10.1 Å². The van der Waals surface area contributed by atoms with Crippen LogP contribution in [0.2, 0.25) is 0 Å². The lowest BCUT2D eigenvalue weighted by Gasteiger charge is -2.59. The number of halogens is 1. The third kappa shape index (κ3) is 2.81. The van der Waals surface area contributed by atoms with Crippen LogP contribution in [0.3, 0.4) is 0 Å². The van der Waals surface area contributed by atoms with Crippen molar-refractivity contribution in [3.63, 3.8) is 0 Å². The van der Waals surface area contributed by atoms with Crippen LogP contribution in [0.5, 0.6) is 0 Å². The fourth-order valence-corrected chi connectivity index (χ4v) is 7.98. The van der Waals surface area contributed by atoms with E-state index in [-0.39, 0.29) is 45.7 Å². The van der Waals surface area contributed by atoms with Crippen molar-refractivity contribution >= 4 is 22.6 Å². The van der Waals surface area contributed by atoms with E-state index in [1.54, 1.807) is 0 Å². The fourth-order valence-electron chi connectivity index (χ4n) is 7.62. The third-order valence-corrected chi connectivity index (χ3v) is 9.07. The molecule has 0 aliphatic heterocycles. The van der Waals surface area contributed by atoms with Crippen molar-refractivity contribution < 1.29 is 19.5 Å². The van der Waals surface area contributed by atoms with Gasteiger partial charge in [-0.3, -0.25) is 9.59 Å². The van der Waals surface area contributed by atoms with Crippen LogP contribution in [0.1, 0.15) is 65.2 Å². The number of fused-ring (bicyclic) bond motifs is 5. The molecule has 4 saturated carbocycles. The summed E-state index contributed by atoms with van der Waals surface area (Å²) in [6.07, 6.45) is 5.90. The molecule has 8 atom stereocenters. The van der Waals surface area contributed by atoms with Crippen LogP contribution in [0.15, 0.2) is 0 Å². The number of carbonyl (C=O) groups excluding carboxylic acids is 2. The molecule has 0 unspecified atom stereocenters. The van der Waals surface area contributed by atoms with Crippen molar-refractivity contribution in [1.29, 1.82) is 0 Å². The quantitative estimate of drug-likeness (QED) is 0.405. The fraction of sp³-hybridized carbons (Fsp3) is 0.900. The maximum absolute atomic E-state index is 13.4. The first-order chi connectivity index (χ1) is 12.7. The molecule has 0 N–H and O–H groups in total. The van der Waals surface area contributed by atoms with Crippen molar-refractivity contribution in [3.8, 4) is 0 Å². The Bertz CT molecular complexity index is 683. The highest BCUT2D eigenvalue weighted by molar-refractivity contribution is 6.64. The molecule has 0 spiro atoms. The van der Waals surface area contributed by atoms with E-state index < -0.39 is 5.09 Å². The Balaban J connectivity index is 1.60. The van der Waals surface area contributed by atoms with E-state index in [2.05, 4.69) is 13.8 Å². The van der Waals surface area contributed by atoms with Crippen LogP contribution in [0, 0.1) is 50.5 Å². The van der Waals surface area contributed by atoms with E-state index in [1.807, 2.05) is 0 Å². The molecule has 0 saturated heterocycles. The first-order valence-corrected chi connectivity index (χ1v) is 10.6. The van der Waals surface area contributed by atoms with Gasteiger partial charge in [0.2, 0.25) is 5.24 Å². The molecule has 7 heteroatoms. The molecule has 0 amide bonds. The van der Waals surface area contributed by atoms with Crippen LogP contribution in [0.4, 0.5) is 0 Å². The Morgan fingerprint density at radius 3 is 2.59 bits per heavy atom. The summed E-state index contributed by atoms with van der Waals surface area (Å²) >= 11 is 5.89. The summed E-state index contributed by atoms with van der Waals surface area (Å²) in [6.45, 7) is 4.32. The summed E-state index contributed by atoms with van der Waals surface area (Å²) in [4.78, 5) is 40.9. The van der Waals surface area contributed by atoms with Crippen LogP contribution in [0.25, 0.3) is 0 Å². The summed E-state index contributed by atoms with van der Waals surface area (Å²) in [6, 6.07) is 0. The van der Waals surface area contributed by atoms with Gasteiger partial charge in [0.05, 0.1) is 0 Å². The lowest BCUT2D eigenvalue weighted by atomic mass is 9.44. The summed E-state index contributed by atoms with van der Waals surface area (Å²) in [5.74, 6) is 1.06. The number of ketones is 1. The average Bonchev–Trinajstić information content (AvgIpc) is 2.91. The van der Waals surface area contributed by atoms with E-state index in [4.69, 9.17) is 16.4 Å². The maximum Gasteiger partial charge on any atom is 0.294 e. The number of nitrogens with zero attached hydrogens (tertiary/aromatic N) is 1. The molecule has 0 aromatic heterocycles. The zero-order chi connectivity index (χ0) is 19.6. The van der Waals surface area contributed by atoms with Crippen LogP contribution >= 0.6 is 11.6 Å². The minimum absolute atomic E-state index is 0.00931. The van der Waals surface area contributed by atoms with Gasteiger partial charge in [-0.2, -0.15) is 0 Å². The molecule has 0 aromatic rings. The summed E-state index contributed by atoms with van der Waals surface area (Å²) in [7, 11) is 0. The highest BCUT2D eigenvalue weighted by Crippen LogP contribution is 2.66. The van der Waals surface area contributed by atoms with Gasteiger partial charge in [0, 0.05) is 18.3 Å². The zero-order valence-corrected chi connectivity index (χ0v) is 16.7. The van der Waals surface area contributed by atoms with Crippen molar-refractivity contribution in [2.24, 2.45) is 40.4 Å². The summed E-state index contributed by atoms with van der Waals surface area (Å²) in [5, 5.41) is 9.75.